The SMILES string of the molecule is CC(=O)O.CC(=O)O.CN1CCN(C2CCC(n3nc(-c4ccc(NCc5ccoc5)cc4)c4c(N)ncnc43)CC2)CC1. The van der Waals surface area contributed by atoms with Gasteiger partial charge in [0.15, 0.2) is 5.65 Å². The zero-order chi connectivity index (χ0) is 31.6. The van der Waals surface area contributed by atoms with E-state index in [9.17, 15) is 0 Å². The van der Waals surface area contributed by atoms with Crippen LogP contribution in [0, 0.1) is 0 Å². The van der Waals surface area contributed by atoms with E-state index in [4.69, 9.17) is 35.1 Å². The number of nitrogen functional groups attached to an aromatic ring is 1. The average molecular weight is 607 g/mol. The van der Waals surface area contributed by atoms with E-state index >= 15 is 0 Å². The first-order valence-corrected chi connectivity index (χ1v) is 14.8. The Bertz CT molecular complexity index is 1470. The van der Waals surface area contributed by atoms with Crippen LogP contribution >= 0.6 is 0 Å². The molecule has 5 N–H and O–H groups in total. The summed E-state index contributed by atoms with van der Waals surface area (Å²) in [4.78, 5) is 32.0. The standard InChI is InChI=1S/C27H34N8O.2C2H4O2/c1-33-11-13-34(14-12-33)22-6-8-23(9-7-22)35-27-24(26(28)30-18-31-27)25(32-35)20-2-4-21(5-3-20)29-16-19-10-15-36-17-19;2*1-2(3)4/h2-5,10,15,17-18,22-23,29H,6-9,11-14,16H2,1H3,(H2,28,30,31);2*1H3,(H,3,4). The number of carboxylic acids is 2. The minimum Gasteiger partial charge on any atom is -0.481 e. The topological polar surface area (TPSA) is 176 Å². The fraction of sp³-hybridized carbons (Fsp3) is 0.452. The molecule has 0 spiro atoms. The van der Waals surface area contributed by atoms with E-state index in [-0.39, 0.29) is 0 Å². The lowest BCUT2D eigenvalue weighted by Crippen LogP contribution is -2.49. The van der Waals surface area contributed by atoms with E-state index < -0.39 is 11.9 Å². The lowest BCUT2D eigenvalue weighted by Gasteiger charge is -2.41. The second-order valence-electron chi connectivity index (χ2n) is 11.2. The molecule has 0 amide bonds. The van der Waals surface area contributed by atoms with E-state index in [0.717, 1.165) is 60.2 Å². The Morgan fingerprint density at radius 3 is 2.16 bits per heavy atom. The highest BCUT2D eigenvalue weighted by Gasteiger charge is 2.30. The number of piperazine rings is 1. The van der Waals surface area contributed by atoms with Gasteiger partial charge in [0.05, 0.1) is 24.0 Å². The predicted molar refractivity (Wildman–Crippen MR) is 168 cm³/mol. The van der Waals surface area contributed by atoms with E-state index in [2.05, 4.69) is 61.1 Å². The number of aromatic nitrogens is 4. The summed E-state index contributed by atoms with van der Waals surface area (Å²) in [6, 6.07) is 11.3. The number of likely N-dealkylation sites (N-methyl/N-ethyl adjacent to an activating group) is 1. The molecule has 0 unspecified atom stereocenters. The van der Waals surface area contributed by atoms with Gasteiger partial charge in [0, 0.05) is 69.4 Å². The van der Waals surface area contributed by atoms with Crippen molar-refractivity contribution in [3.05, 3.63) is 54.7 Å². The zero-order valence-electron chi connectivity index (χ0n) is 25.5. The van der Waals surface area contributed by atoms with Crippen molar-refractivity contribution in [1.29, 1.82) is 0 Å². The molecule has 4 aromatic rings. The molecule has 1 saturated heterocycles. The van der Waals surface area contributed by atoms with Crippen molar-refractivity contribution in [1.82, 2.24) is 29.5 Å². The minimum absolute atomic E-state index is 0.329. The monoisotopic (exact) mass is 606 g/mol. The average Bonchev–Trinajstić information content (AvgIpc) is 3.66. The molecule has 44 heavy (non-hydrogen) atoms. The molecule has 1 aromatic carbocycles. The maximum atomic E-state index is 9.00. The van der Waals surface area contributed by atoms with Crippen molar-refractivity contribution in [2.24, 2.45) is 0 Å². The number of benzene rings is 1. The second kappa shape index (κ2) is 15.3. The number of anilines is 2. The van der Waals surface area contributed by atoms with Gasteiger partial charge in [-0.3, -0.25) is 14.5 Å². The predicted octanol–water partition coefficient (Wildman–Crippen LogP) is 4.19. The number of nitrogens with two attached hydrogens (primary N) is 1. The molecular formula is C31H42N8O5. The summed E-state index contributed by atoms with van der Waals surface area (Å²) in [5.74, 6) is -1.19. The van der Waals surface area contributed by atoms with Crippen molar-refractivity contribution in [2.45, 2.75) is 58.2 Å². The number of furan rings is 1. The Balaban J connectivity index is 0.000000496. The molecule has 2 aliphatic rings. The van der Waals surface area contributed by atoms with Crippen molar-refractivity contribution in [2.75, 3.05) is 44.3 Å². The van der Waals surface area contributed by atoms with Crippen molar-refractivity contribution in [3.8, 4) is 11.3 Å². The van der Waals surface area contributed by atoms with Crippen LogP contribution in [0.25, 0.3) is 22.3 Å². The minimum atomic E-state index is -0.833. The molecule has 13 heteroatoms. The molecule has 1 saturated carbocycles. The highest BCUT2D eigenvalue weighted by atomic mass is 16.4. The number of carboxylic acid groups (broad SMARTS) is 2. The van der Waals surface area contributed by atoms with Crippen LogP contribution in [0.15, 0.2) is 53.6 Å². The van der Waals surface area contributed by atoms with E-state index in [1.807, 2.05) is 6.07 Å². The quantitative estimate of drug-likeness (QED) is 0.247. The fourth-order valence-corrected chi connectivity index (χ4v) is 5.65. The lowest BCUT2D eigenvalue weighted by molar-refractivity contribution is -0.135. The van der Waals surface area contributed by atoms with E-state index in [1.165, 1.54) is 39.0 Å². The third kappa shape index (κ3) is 8.77. The molecule has 3 aromatic heterocycles. The zero-order valence-corrected chi connectivity index (χ0v) is 25.5. The number of hydrogen-bond donors (Lipinski definition) is 4. The number of hydrogen-bond acceptors (Lipinski definition) is 10. The summed E-state index contributed by atoms with van der Waals surface area (Å²) in [5.41, 5.74) is 11.2. The van der Waals surface area contributed by atoms with Gasteiger partial charge in [0.2, 0.25) is 0 Å². The van der Waals surface area contributed by atoms with Crippen LogP contribution in [-0.2, 0) is 16.1 Å². The largest absolute Gasteiger partial charge is 0.481 e. The Labute approximate surface area is 256 Å². The van der Waals surface area contributed by atoms with Gasteiger partial charge in [-0.1, -0.05) is 12.1 Å². The van der Waals surface area contributed by atoms with Crippen LogP contribution in [0.5, 0.6) is 0 Å². The molecular weight excluding hydrogens is 564 g/mol. The van der Waals surface area contributed by atoms with Gasteiger partial charge in [0.1, 0.15) is 17.8 Å². The van der Waals surface area contributed by atoms with E-state index in [1.54, 1.807) is 18.9 Å². The Kier molecular flexibility index (Phi) is 11.3. The molecule has 236 valence electrons. The van der Waals surface area contributed by atoms with Crippen molar-refractivity contribution in [3.63, 3.8) is 0 Å². The summed E-state index contributed by atoms with van der Waals surface area (Å²) >= 11 is 0. The summed E-state index contributed by atoms with van der Waals surface area (Å²) in [7, 11) is 2.22. The summed E-state index contributed by atoms with van der Waals surface area (Å²) < 4.78 is 7.27. The summed E-state index contributed by atoms with van der Waals surface area (Å²) in [6.45, 7) is 7.57. The van der Waals surface area contributed by atoms with Gasteiger partial charge < -0.3 is 30.6 Å². The van der Waals surface area contributed by atoms with Crippen LogP contribution in [0.3, 0.4) is 0 Å². The summed E-state index contributed by atoms with van der Waals surface area (Å²) in [5, 5.41) is 24.2. The molecule has 2 fully saturated rings. The van der Waals surface area contributed by atoms with Gasteiger partial charge in [-0.25, -0.2) is 14.6 Å². The molecule has 0 bridgehead atoms. The molecule has 1 aliphatic heterocycles. The Morgan fingerprint density at radius 2 is 1.57 bits per heavy atom. The number of fused-ring (bicyclic) bond motifs is 1. The van der Waals surface area contributed by atoms with Crippen LogP contribution < -0.4 is 11.1 Å². The lowest BCUT2D eigenvalue weighted by atomic mass is 9.90. The molecule has 1 aliphatic carbocycles. The van der Waals surface area contributed by atoms with Crippen LogP contribution in [-0.4, -0.2) is 91.0 Å². The third-order valence-corrected chi connectivity index (χ3v) is 7.82. The third-order valence-electron chi connectivity index (χ3n) is 7.82. The first-order valence-electron chi connectivity index (χ1n) is 14.8. The van der Waals surface area contributed by atoms with Gasteiger partial charge in [-0.2, -0.15) is 5.10 Å². The molecule has 13 nitrogen and oxygen atoms in total. The fourth-order valence-electron chi connectivity index (χ4n) is 5.65. The normalized spacial score (nSPS) is 18.9. The number of rotatable bonds is 6. The van der Waals surface area contributed by atoms with E-state index in [0.29, 0.717) is 24.4 Å². The first-order chi connectivity index (χ1) is 21.1. The van der Waals surface area contributed by atoms with Crippen LogP contribution in [0.4, 0.5) is 11.5 Å². The van der Waals surface area contributed by atoms with Crippen LogP contribution in [0.2, 0.25) is 0 Å². The summed E-state index contributed by atoms with van der Waals surface area (Å²) in [6.07, 6.45) is 9.60. The van der Waals surface area contributed by atoms with Gasteiger partial charge in [0.25, 0.3) is 11.9 Å². The second-order valence-corrected chi connectivity index (χ2v) is 11.2. The molecule has 0 radical (unpaired) electrons. The highest BCUT2D eigenvalue weighted by Crippen LogP contribution is 2.37. The number of aliphatic carboxylic acids is 2. The van der Waals surface area contributed by atoms with Crippen molar-refractivity contribution >= 4 is 34.5 Å². The van der Waals surface area contributed by atoms with Crippen molar-refractivity contribution < 1.29 is 24.2 Å². The maximum absolute atomic E-state index is 9.00. The maximum Gasteiger partial charge on any atom is 0.300 e. The van der Waals surface area contributed by atoms with Crippen LogP contribution in [0.1, 0.15) is 51.1 Å². The molecule has 4 heterocycles. The molecule has 6 rings (SSSR count). The Hall–Kier alpha value is -4.49. The first kappa shape index (κ1) is 32.4. The highest BCUT2D eigenvalue weighted by molar-refractivity contribution is 5.98. The van der Waals surface area contributed by atoms with Gasteiger partial charge in [-0.05, 0) is 50.9 Å². The molecule has 0 atom stereocenters. The number of nitrogens with one attached hydrogen (secondary N) is 1. The number of carbonyl (C=O) groups is 2. The van der Waals surface area contributed by atoms with Gasteiger partial charge in [-0.15, -0.1) is 0 Å². The Morgan fingerprint density at radius 1 is 0.955 bits per heavy atom. The smallest absolute Gasteiger partial charge is 0.300 e. The van der Waals surface area contributed by atoms with Gasteiger partial charge >= 0.3 is 0 Å². The number of nitrogens with zero attached hydrogens (tertiary/aromatic N) is 6.